The second kappa shape index (κ2) is 5.05. The first-order valence-corrected chi connectivity index (χ1v) is 6.96. The molecule has 90 valence electrons. The van der Waals surface area contributed by atoms with Crippen molar-refractivity contribution in [3.63, 3.8) is 0 Å². The number of aryl methyl sites for hydroxylation is 1. The van der Waals surface area contributed by atoms with Crippen molar-refractivity contribution in [2.75, 3.05) is 5.33 Å². The van der Waals surface area contributed by atoms with E-state index >= 15 is 0 Å². The van der Waals surface area contributed by atoms with Crippen LogP contribution < -0.4 is 5.56 Å². The minimum absolute atomic E-state index is 0.0125. The first-order chi connectivity index (χ1) is 8.13. The molecule has 0 aliphatic rings. The van der Waals surface area contributed by atoms with E-state index in [0.717, 1.165) is 28.2 Å². The van der Waals surface area contributed by atoms with Crippen LogP contribution in [-0.2, 0) is 6.42 Å². The van der Waals surface area contributed by atoms with Gasteiger partial charge in [0, 0.05) is 16.8 Å². The van der Waals surface area contributed by atoms with Crippen LogP contribution in [0.4, 0.5) is 0 Å². The summed E-state index contributed by atoms with van der Waals surface area (Å²) < 4.78 is 0. The van der Waals surface area contributed by atoms with Crippen molar-refractivity contribution in [2.45, 2.75) is 26.2 Å². The molecular formula is C14H16BrNO. The van der Waals surface area contributed by atoms with Crippen LogP contribution in [-0.4, -0.2) is 10.3 Å². The minimum atomic E-state index is -0.0125. The number of H-pyrrole nitrogens is 1. The lowest BCUT2D eigenvalue weighted by atomic mass is 9.97. The van der Waals surface area contributed by atoms with Crippen molar-refractivity contribution < 1.29 is 0 Å². The van der Waals surface area contributed by atoms with Crippen LogP contribution in [0.1, 0.15) is 30.9 Å². The fraction of sp³-hybridized carbons (Fsp3) is 0.357. The Kier molecular flexibility index (Phi) is 3.67. The molecule has 0 bridgehead atoms. The largest absolute Gasteiger partial charge is 0.322 e. The van der Waals surface area contributed by atoms with E-state index in [2.05, 4.69) is 53.0 Å². The van der Waals surface area contributed by atoms with Gasteiger partial charge in [0.1, 0.15) is 0 Å². The molecule has 1 heterocycles. The van der Waals surface area contributed by atoms with Crippen LogP contribution in [0.5, 0.6) is 0 Å². The second-order valence-electron chi connectivity index (χ2n) is 4.52. The van der Waals surface area contributed by atoms with E-state index in [9.17, 15) is 4.79 Å². The van der Waals surface area contributed by atoms with Gasteiger partial charge in [0.05, 0.1) is 5.52 Å². The fourth-order valence-electron chi connectivity index (χ4n) is 2.16. The molecule has 1 N–H and O–H groups in total. The molecule has 0 aliphatic heterocycles. The van der Waals surface area contributed by atoms with Gasteiger partial charge in [0.25, 0.3) is 0 Å². The van der Waals surface area contributed by atoms with Crippen molar-refractivity contribution in [2.24, 2.45) is 0 Å². The molecule has 0 aliphatic carbocycles. The van der Waals surface area contributed by atoms with Gasteiger partial charge in [-0.15, -0.1) is 0 Å². The molecule has 0 fully saturated rings. The molecule has 0 saturated carbocycles. The number of benzene rings is 1. The van der Waals surface area contributed by atoms with Crippen molar-refractivity contribution in [1.29, 1.82) is 0 Å². The van der Waals surface area contributed by atoms with Crippen LogP contribution in [0.2, 0.25) is 0 Å². The number of para-hydroxylation sites is 1. The van der Waals surface area contributed by atoms with Crippen LogP contribution in [0.3, 0.4) is 0 Å². The van der Waals surface area contributed by atoms with E-state index in [4.69, 9.17) is 0 Å². The van der Waals surface area contributed by atoms with Gasteiger partial charge < -0.3 is 4.98 Å². The van der Waals surface area contributed by atoms with Gasteiger partial charge >= 0.3 is 0 Å². The number of nitrogens with one attached hydrogen (secondary N) is 1. The topological polar surface area (TPSA) is 32.9 Å². The summed E-state index contributed by atoms with van der Waals surface area (Å²) in [5.74, 6) is 0.411. The SMILES string of the molecule is CC(C)c1cccc2c(CCBr)cc(=O)[nH]c12. The van der Waals surface area contributed by atoms with Gasteiger partial charge in [-0.25, -0.2) is 0 Å². The van der Waals surface area contributed by atoms with Crippen molar-refractivity contribution >= 4 is 26.8 Å². The highest BCUT2D eigenvalue weighted by Crippen LogP contribution is 2.25. The molecule has 0 saturated heterocycles. The highest BCUT2D eigenvalue weighted by atomic mass is 79.9. The predicted molar refractivity (Wildman–Crippen MR) is 76.2 cm³/mol. The van der Waals surface area contributed by atoms with E-state index in [1.807, 2.05) is 0 Å². The molecule has 0 amide bonds. The average Bonchev–Trinajstić information content (AvgIpc) is 2.28. The zero-order valence-electron chi connectivity index (χ0n) is 10.1. The minimum Gasteiger partial charge on any atom is -0.322 e. The van der Waals surface area contributed by atoms with Crippen molar-refractivity contribution in [3.8, 4) is 0 Å². The monoisotopic (exact) mass is 293 g/mol. The van der Waals surface area contributed by atoms with Crippen LogP contribution in [0, 0.1) is 0 Å². The number of aromatic amines is 1. The summed E-state index contributed by atoms with van der Waals surface area (Å²) in [6, 6.07) is 7.93. The van der Waals surface area contributed by atoms with E-state index in [0.29, 0.717) is 5.92 Å². The Hall–Kier alpha value is -1.09. The molecule has 17 heavy (non-hydrogen) atoms. The molecule has 0 unspecified atom stereocenters. The number of alkyl halides is 1. The number of rotatable bonds is 3. The first-order valence-electron chi connectivity index (χ1n) is 5.84. The Morgan fingerprint density at radius 3 is 2.76 bits per heavy atom. The van der Waals surface area contributed by atoms with E-state index in [1.165, 1.54) is 5.56 Å². The van der Waals surface area contributed by atoms with Gasteiger partial charge in [-0.3, -0.25) is 4.79 Å². The van der Waals surface area contributed by atoms with Gasteiger partial charge in [0.2, 0.25) is 5.56 Å². The maximum atomic E-state index is 11.7. The lowest BCUT2D eigenvalue weighted by Gasteiger charge is -2.11. The van der Waals surface area contributed by atoms with Crippen LogP contribution >= 0.6 is 15.9 Å². The van der Waals surface area contributed by atoms with Crippen LogP contribution in [0.15, 0.2) is 29.1 Å². The molecule has 0 spiro atoms. The number of halogens is 1. The van der Waals surface area contributed by atoms with Crippen LogP contribution in [0.25, 0.3) is 10.9 Å². The lowest BCUT2D eigenvalue weighted by molar-refractivity contribution is 0.871. The summed E-state index contributed by atoms with van der Waals surface area (Å²) in [6.07, 6.45) is 0.877. The number of pyridine rings is 1. The third-order valence-electron chi connectivity index (χ3n) is 2.98. The fourth-order valence-corrected chi connectivity index (χ4v) is 2.59. The van der Waals surface area contributed by atoms with E-state index in [1.54, 1.807) is 6.07 Å². The number of aromatic nitrogens is 1. The summed E-state index contributed by atoms with van der Waals surface area (Å²) in [4.78, 5) is 14.7. The molecule has 2 nitrogen and oxygen atoms in total. The Labute approximate surface area is 109 Å². The zero-order chi connectivity index (χ0) is 12.4. The summed E-state index contributed by atoms with van der Waals surface area (Å²) in [5.41, 5.74) is 3.30. The number of fused-ring (bicyclic) bond motifs is 1. The van der Waals surface area contributed by atoms with Gasteiger partial charge in [-0.2, -0.15) is 0 Å². The maximum absolute atomic E-state index is 11.7. The summed E-state index contributed by atoms with van der Waals surface area (Å²) in [6.45, 7) is 4.29. The van der Waals surface area contributed by atoms with Gasteiger partial charge in [-0.1, -0.05) is 48.0 Å². The number of hydrogen-bond donors (Lipinski definition) is 1. The molecule has 2 aromatic rings. The van der Waals surface area contributed by atoms with Gasteiger partial charge in [0.15, 0.2) is 0 Å². The standard InChI is InChI=1S/C14H16BrNO/c1-9(2)11-4-3-5-12-10(6-7-15)8-13(17)16-14(11)12/h3-5,8-9H,6-7H2,1-2H3,(H,16,17). The third-order valence-corrected chi connectivity index (χ3v) is 3.38. The van der Waals surface area contributed by atoms with Gasteiger partial charge in [-0.05, 0) is 23.5 Å². The normalized spacial score (nSPS) is 11.3. The molecule has 3 heteroatoms. The summed E-state index contributed by atoms with van der Waals surface area (Å²) >= 11 is 3.43. The van der Waals surface area contributed by atoms with Crippen molar-refractivity contribution in [1.82, 2.24) is 4.98 Å². The first kappa shape index (κ1) is 12.4. The molecular weight excluding hydrogens is 278 g/mol. The molecule has 0 atom stereocenters. The zero-order valence-corrected chi connectivity index (χ0v) is 11.7. The molecule has 0 radical (unpaired) electrons. The lowest BCUT2D eigenvalue weighted by Crippen LogP contribution is -2.09. The Balaban J connectivity index is 2.78. The smallest absolute Gasteiger partial charge is 0.248 e. The van der Waals surface area contributed by atoms with E-state index in [-0.39, 0.29) is 5.56 Å². The Morgan fingerprint density at radius 1 is 1.35 bits per heavy atom. The highest BCUT2D eigenvalue weighted by molar-refractivity contribution is 9.09. The Morgan fingerprint density at radius 2 is 2.12 bits per heavy atom. The third kappa shape index (κ3) is 2.44. The van der Waals surface area contributed by atoms with E-state index < -0.39 is 0 Å². The molecule has 1 aromatic carbocycles. The quantitative estimate of drug-likeness (QED) is 0.862. The Bertz CT molecular complexity index is 586. The predicted octanol–water partition coefficient (Wildman–Crippen LogP) is 3.59. The highest BCUT2D eigenvalue weighted by Gasteiger charge is 2.09. The summed E-state index contributed by atoms with van der Waals surface area (Å²) in [7, 11) is 0. The van der Waals surface area contributed by atoms with Crippen molar-refractivity contribution in [3.05, 3.63) is 45.7 Å². The second-order valence-corrected chi connectivity index (χ2v) is 5.32. The average molecular weight is 294 g/mol. The molecule has 2 rings (SSSR count). The summed E-state index contributed by atoms with van der Waals surface area (Å²) in [5, 5.41) is 2.03. The molecule has 1 aromatic heterocycles. The number of hydrogen-bond acceptors (Lipinski definition) is 1. The maximum Gasteiger partial charge on any atom is 0.248 e.